The monoisotopic (exact) mass is 495 g/mol. The van der Waals surface area contributed by atoms with Gasteiger partial charge in [0.05, 0.1) is 10.7 Å². The fraction of sp³-hybridized carbons (Fsp3) is 0.167. The van der Waals surface area contributed by atoms with Gasteiger partial charge in [0.2, 0.25) is 5.91 Å². The van der Waals surface area contributed by atoms with Gasteiger partial charge in [-0.3, -0.25) is 19.4 Å². The van der Waals surface area contributed by atoms with Gasteiger partial charge in [0.25, 0.3) is 11.8 Å². The van der Waals surface area contributed by atoms with Crippen LogP contribution >= 0.6 is 39.1 Å². The Morgan fingerprint density at radius 2 is 1.83 bits per heavy atom. The molecule has 29 heavy (non-hydrogen) atoms. The highest BCUT2D eigenvalue weighted by molar-refractivity contribution is 9.10. The standard InChI is InChI=1S/C18H12BrCl2N5O3/c19-9-1-4-11(5-2-9)22-14(27)8-25-16-15(23-24-25)17(28)26(18(16)29)13-6-3-10(20)7-12(13)21/h1-7,15-16H,8H2,(H,22,27). The molecule has 2 aromatic rings. The number of halogens is 3. The second-order valence-corrected chi connectivity index (χ2v) is 8.11. The maximum absolute atomic E-state index is 12.9. The van der Waals surface area contributed by atoms with Gasteiger partial charge in [-0.2, -0.15) is 5.11 Å². The Bertz CT molecular complexity index is 1050. The number of imide groups is 1. The Kier molecular flexibility index (Phi) is 5.28. The van der Waals surface area contributed by atoms with Crippen LogP contribution in [0.3, 0.4) is 0 Å². The molecule has 1 fully saturated rings. The number of carbonyl (C=O) groups is 3. The lowest BCUT2D eigenvalue weighted by Gasteiger charge is -2.20. The van der Waals surface area contributed by atoms with Gasteiger partial charge in [0.1, 0.15) is 6.54 Å². The van der Waals surface area contributed by atoms with Crippen LogP contribution in [0.15, 0.2) is 57.3 Å². The van der Waals surface area contributed by atoms with E-state index < -0.39 is 29.8 Å². The molecule has 2 aromatic carbocycles. The molecule has 0 saturated carbocycles. The van der Waals surface area contributed by atoms with Gasteiger partial charge in [-0.1, -0.05) is 44.4 Å². The first-order valence-electron chi connectivity index (χ1n) is 8.41. The van der Waals surface area contributed by atoms with Crippen molar-refractivity contribution in [2.45, 2.75) is 12.1 Å². The van der Waals surface area contributed by atoms with Gasteiger partial charge >= 0.3 is 0 Å². The van der Waals surface area contributed by atoms with Crippen molar-refractivity contribution in [2.75, 3.05) is 16.8 Å². The lowest BCUT2D eigenvalue weighted by atomic mass is 10.1. The molecule has 2 aliphatic heterocycles. The molecule has 4 rings (SSSR count). The van der Waals surface area contributed by atoms with E-state index in [-0.39, 0.29) is 17.3 Å². The summed E-state index contributed by atoms with van der Waals surface area (Å²) in [6, 6.07) is 9.47. The molecular weight excluding hydrogens is 485 g/mol. The summed E-state index contributed by atoms with van der Waals surface area (Å²) in [5, 5.41) is 12.2. The summed E-state index contributed by atoms with van der Waals surface area (Å²) in [5.74, 6) is -1.50. The number of benzene rings is 2. The topological polar surface area (TPSA) is 94.4 Å². The molecule has 2 atom stereocenters. The summed E-state index contributed by atoms with van der Waals surface area (Å²) in [6.45, 7) is -0.234. The smallest absolute Gasteiger partial charge is 0.263 e. The van der Waals surface area contributed by atoms with Crippen molar-refractivity contribution in [3.8, 4) is 0 Å². The van der Waals surface area contributed by atoms with Crippen molar-refractivity contribution in [3.63, 3.8) is 0 Å². The fourth-order valence-electron chi connectivity index (χ4n) is 3.13. The highest BCUT2D eigenvalue weighted by Crippen LogP contribution is 2.36. The average molecular weight is 497 g/mol. The molecule has 8 nitrogen and oxygen atoms in total. The number of nitrogens with zero attached hydrogens (tertiary/aromatic N) is 4. The second kappa shape index (κ2) is 7.74. The summed E-state index contributed by atoms with van der Waals surface area (Å²) in [6.07, 6.45) is 0. The molecule has 0 spiro atoms. The largest absolute Gasteiger partial charge is 0.324 e. The minimum atomic E-state index is -1.02. The highest BCUT2D eigenvalue weighted by atomic mass is 79.9. The fourth-order valence-corrected chi connectivity index (χ4v) is 3.89. The molecule has 11 heteroatoms. The first-order valence-corrected chi connectivity index (χ1v) is 9.96. The van der Waals surface area contributed by atoms with Crippen LogP contribution in [0.1, 0.15) is 0 Å². The van der Waals surface area contributed by atoms with Crippen molar-refractivity contribution in [1.29, 1.82) is 0 Å². The number of fused-ring (bicyclic) bond motifs is 1. The van der Waals surface area contributed by atoms with Crippen LogP contribution in [-0.2, 0) is 14.4 Å². The Balaban J connectivity index is 1.50. The molecule has 2 unspecified atom stereocenters. The van der Waals surface area contributed by atoms with Gasteiger partial charge in [-0.25, -0.2) is 4.90 Å². The van der Waals surface area contributed by atoms with Crippen molar-refractivity contribution in [3.05, 3.63) is 57.0 Å². The van der Waals surface area contributed by atoms with Crippen molar-refractivity contribution in [1.82, 2.24) is 5.01 Å². The first-order chi connectivity index (χ1) is 13.8. The summed E-state index contributed by atoms with van der Waals surface area (Å²) >= 11 is 15.4. The van der Waals surface area contributed by atoms with Gasteiger partial charge < -0.3 is 5.32 Å². The maximum Gasteiger partial charge on any atom is 0.263 e. The zero-order valence-electron chi connectivity index (χ0n) is 14.6. The molecule has 0 aromatic heterocycles. The Labute approximate surface area is 183 Å². The third kappa shape index (κ3) is 3.73. The average Bonchev–Trinajstić information content (AvgIpc) is 3.18. The number of amides is 3. The lowest BCUT2D eigenvalue weighted by Crippen LogP contribution is -2.43. The van der Waals surface area contributed by atoms with Gasteiger partial charge in [-0.05, 0) is 42.5 Å². The lowest BCUT2D eigenvalue weighted by molar-refractivity contribution is -0.123. The van der Waals surface area contributed by atoms with E-state index in [2.05, 4.69) is 31.6 Å². The second-order valence-electron chi connectivity index (χ2n) is 6.35. The minimum absolute atomic E-state index is 0.163. The minimum Gasteiger partial charge on any atom is -0.324 e. The third-order valence-corrected chi connectivity index (χ3v) is 5.51. The van der Waals surface area contributed by atoms with E-state index in [0.717, 1.165) is 9.37 Å². The molecule has 0 bridgehead atoms. The van der Waals surface area contributed by atoms with Crippen LogP contribution in [0.2, 0.25) is 10.0 Å². The molecule has 2 heterocycles. The van der Waals surface area contributed by atoms with Crippen LogP contribution in [-0.4, -0.2) is 41.4 Å². The normalized spacial score (nSPS) is 20.4. The Morgan fingerprint density at radius 1 is 1.10 bits per heavy atom. The predicted molar refractivity (Wildman–Crippen MR) is 111 cm³/mol. The number of anilines is 2. The van der Waals surface area contributed by atoms with E-state index in [1.54, 1.807) is 24.3 Å². The number of carbonyl (C=O) groups excluding carboxylic acids is 3. The zero-order chi connectivity index (χ0) is 20.7. The summed E-state index contributed by atoms with van der Waals surface area (Å²) in [7, 11) is 0. The van der Waals surface area contributed by atoms with Crippen LogP contribution in [0.4, 0.5) is 11.4 Å². The van der Waals surface area contributed by atoms with E-state index in [1.807, 2.05) is 0 Å². The number of hydrogen-bond donors (Lipinski definition) is 1. The molecule has 0 radical (unpaired) electrons. The van der Waals surface area contributed by atoms with Gasteiger partial charge in [-0.15, -0.1) is 0 Å². The predicted octanol–water partition coefficient (Wildman–Crippen LogP) is 3.69. The molecule has 3 amide bonds. The maximum atomic E-state index is 12.9. The van der Waals surface area contributed by atoms with Gasteiger partial charge in [0.15, 0.2) is 12.1 Å². The zero-order valence-corrected chi connectivity index (χ0v) is 17.6. The number of nitrogens with one attached hydrogen (secondary N) is 1. The van der Waals surface area contributed by atoms with Crippen LogP contribution in [0.5, 0.6) is 0 Å². The van der Waals surface area contributed by atoms with Crippen molar-refractivity contribution >= 4 is 68.2 Å². The van der Waals surface area contributed by atoms with E-state index >= 15 is 0 Å². The Hall–Kier alpha value is -2.49. The SMILES string of the molecule is O=C(CN1N=NC2C(=O)N(c3ccc(Cl)cc3Cl)C(=O)C21)Nc1ccc(Br)cc1. The molecule has 1 N–H and O–H groups in total. The number of hydrogen-bond acceptors (Lipinski definition) is 6. The van der Waals surface area contributed by atoms with Crippen LogP contribution in [0, 0.1) is 0 Å². The van der Waals surface area contributed by atoms with E-state index in [9.17, 15) is 14.4 Å². The molecule has 0 aliphatic carbocycles. The van der Waals surface area contributed by atoms with Crippen LogP contribution in [0.25, 0.3) is 0 Å². The number of rotatable bonds is 4. The van der Waals surface area contributed by atoms with E-state index in [0.29, 0.717) is 10.7 Å². The van der Waals surface area contributed by atoms with Crippen LogP contribution < -0.4 is 10.2 Å². The molecule has 2 aliphatic rings. The quantitative estimate of drug-likeness (QED) is 0.653. The van der Waals surface area contributed by atoms with E-state index in [1.165, 1.54) is 23.2 Å². The summed E-state index contributed by atoms with van der Waals surface area (Å²) in [4.78, 5) is 39.0. The first kappa shape index (κ1) is 19.8. The molecular formula is C18H12BrCl2N5O3. The Morgan fingerprint density at radius 3 is 2.52 bits per heavy atom. The highest BCUT2D eigenvalue weighted by Gasteiger charge is 2.55. The van der Waals surface area contributed by atoms with Crippen molar-refractivity contribution in [2.24, 2.45) is 10.3 Å². The summed E-state index contributed by atoms with van der Waals surface area (Å²) < 4.78 is 0.878. The third-order valence-electron chi connectivity index (χ3n) is 4.44. The van der Waals surface area contributed by atoms with E-state index in [4.69, 9.17) is 23.2 Å². The summed E-state index contributed by atoms with van der Waals surface area (Å²) in [5.41, 5.74) is 0.809. The molecule has 1 saturated heterocycles. The van der Waals surface area contributed by atoms with Crippen molar-refractivity contribution < 1.29 is 14.4 Å². The van der Waals surface area contributed by atoms with Gasteiger partial charge in [0, 0.05) is 15.2 Å². The molecule has 148 valence electrons.